The van der Waals surface area contributed by atoms with Crippen LogP contribution in [0.15, 0.2) is 52.4 Å². The Labute approximate surface area is 232 Å². The fourth-order valence-corrected chi connectivity index (χ4v) is 5.68. The van der Waals surface area contributed by atoms with Crippen LogP contribution in [0.1, 0.15) is 39.8 Å². The Bertz CT molecular complexity index is 1190. The van der Waals surface area contributed by atoms with Crippen molar-refractivity contribution in [2.45, 2.75) is 52.3 Å². The number of nitrogens with one attached hydrogen (secondary N) is 2. The molecule has 4 heterocycles. The van der Waals surface area contributed by atoms with Gasteiger partial charge in [0.1, 0.15) is 12.5 Å². The van der Waals surface area contributed by atoms with E-state index in [2.05, 4.69) is 90.6 Å². The van der Waals surface area contributed by atoms with Crippen LogP contribution < -0.4 is 20.4 Å². The molecule has 0 saturated carbocycles. The van der Waals surface area contributed by atoms with E-state index in [9.17, 15) is 0 Å². The zero-order valence-corrected chi connectivity index (χ0v) is 24.0. The predicted molar refractivity (Wildman–Crippen MR) is 159 cm³/mol. The Morgan fingerprint density at radius 1 is 1.08 bits per heavy atom. The third-order valence-corrected chi connectivity index (χ3v) is 8.35. The van der Waals surface area contributed by atoms with E-state index in [1.54, 1.807) is 0 Å². The molecule has 1 unspecified atom stereocenters. The number of fused-ring (bicyclic) bond motifs is 1. The average molecular weight is 534 g/mol. The molecule has 0 radical (unpaired) electrons. The molecule has 0 spiro atoms. The van der Waals surface area contributed by atoms with E-state index in [4.69, 9.17) is 24.4 Å². The number of anilines is 3. The predicted octanol–water partition coefficient (Wildman–Crippen LogP) is 4.16. The molecule has 210 valence electrons. The fourth-order valence-electron chi connectivity index (χ4n) is 5.68. The summed E-state index contributed by atoms with van der Waals surface area (Å²) in [7, 11) is 1.95. The van der Waals surface area contributed by atoms with Gasteiger partial charge in [-0.1, -0.05) is 26.0 Å². The molecule has 0 aliphatic carbocycles. The maximum atomic E-state index is 6.40. The van der Waals surface area contributed by atoms with Crippen molar-refractivity contribution in [3.05, 3.63) is 48.2 Å². The number of hydrogen-bond acceptors (Lipinski definition) is 9. The molecule has 0 bridgehead atoms. The maximum Gasteiger partial charge on any atom is 0.223 e. The van der Waals surface area contributed by atoms with Crippen LogP contribution in [-0.4, -0.2) is 75.4 Å². The van der Waals surface area contributed by atoms with Crippen LogP contribution in [0.5, 0.6) is 0 Å². The van der Waals surface area contributed by atoms with Crippen LogP contribution in [0, 0.1) is 11.3 Å². The van der Waals surface area contributed by atoms with Crippen LogP contribution in [0.25, 0.3) is 0 Å². The monoisotopic (exact) mass is 533 g/mol. The molecule has 2 N–H and O–H groups in total. The highest BCUT2D eigenvalue weighted by Gasteiger charge is 2.49. The van der Waals surface area contributed by atoms with Gasteiger partial charge in [-0.25, -0.2) is 15.0 Å². The number of benzene rings is 1. The van der Waals surface area contributed by atoms with Crippen LogP contribution in [0.4, 0.5) is 17.2 Å². The standard InChI is InChI=1S/C30H43N7O2/c1-22-18-32-28(35-23-8-6-10-25(16-23)36-12-14-38-15-13-36)33-21-37(27-11-7-9-24(34-27)19-31-5)26-17-29(2,3)39-20-30(22,26)4/h6-11,16,18,22,26,31H,12-15,17,19-21H2,1-5H3,(H,33,35)/b32-18-/t22?,26-,30-/m1/s1. The van der Waals surface area contributed by atoms with Gasteiger partial charge in [-0.3, -0.25) is 0 Å². The average Bonchev–Trinajstić information content (AvgIpc) is 2.98. The highest BCUT2D eigenvalue weighted by molar-refractivity contribution is 5.99. The van der Waals surface area contributed by atoms with Crippen molar-refractivity contribution in [3.8, 4) is 0 Å². The number of guanidine groups is 1. The summed E-state index contributed by atoms with van der Waals surface area (Å²) in [6.07, 6.45) is 2.92. The van der Waals surface area contributed by atoms with Crippen molar-refractivity contribution >= 4 is 29.4 Å². The summed E-state index contributed by atoms with van der Waals surface area (Å²) < 4.78 is 11.9. The number of morpholine rings is 1. The van der Waals surface area contributed by atoms with E-state index < -0.39 is 0 Å². The number of hydrogen-bond donors (Lipinski definition) is 2. The number of rotatable bonds is 5. The topological polar surface area (TPSA) is 86.6 Å². The van der Waals surface area contributed by atoms with E-state index in [-0.39, 0.29) is 23.0 Å². The summed E-state index contributed by atoms with van der Waals surface area (Å²) in [6.45, 7) is 14.0. The van der Waals surface area contributed by atoms with Crippen LogP contribution >= 0.6 is 0 Å². The molecule has 9 heteroatoms. The van der Waals surface area contributed by atoms with Gasteiger partial charge in [-0.2, -0.15) is 0 Å². The number of aromatic nitrogens is 1. The van der Waals surface area contributed by atoms with Crippen LogP contribution in [0.3, 0.4) is 0 Å². The van der Waals surface area contributed by atoms with Gasteiger partial charge in [0, 0.05) is 54.6 Å². The van der Waals surface area contributed by atoms with Crippen molar-refractivity contribution in [1.82, 2.24) is 10.3 Å². The Balaban J connectivity index is 1.48. The molecule has 2 aromatic rings. The summed E-state index contributed by atoms with van der Waals surface area (Å²) in [5.41, 5.74) is 2.75. The van der Waals surface area contributed by atoms with Crippen molar-refractivity contribution in [2.75, 3.05) is 61.7 Å². The molecule has 1 aromatic carbocycles. The summed E-state index contributed by atoms with van der Waals surface area (Å²) in [5.74, 6) is 1.69. The minimum Gasteiger partial charge on any atom is -0.378 e. The minimum absolute atomic E-state index is 0.159. The highest BCUT2D eigenvalue weighted by Crippen LogP contribution is 2.45. The van der Waals surface area contributed by atoms with Crippen molar-refractivity contribution in [1.29, 1.82) is 0 Å². The quantitative estimate of drug-likeness (QED) is 0.597. The second-order valence-electron chi connectivity index (χ2n) is 11.7. The highest BCUT2D eigenvalue weighted by atomic mass is 16.5. The second-order valence-corrected chi connectivity index (χ2v) is 11.7. The first-order chi connectivity index (χ1) is 18.8. The lowest BCUT2D eigenvalue weighted by atomic mass is 9.67. The number of nitrogens with zero attached hydrogens (tertiary/aromatic N) is 5. The Morgan fingerprint density at radius 2 is 1.87 bits per heavy atom. The lowest BCUT2D eigenvalue weighted by molar-refractivity contribution is -0.127. The summed E-state index contributed by atoms with van der Waals surface area (Å²) in [5, 5.41) is 6.72. The molecular formula is C30H43N7O2. The van der Waals surface area contributed by atoms with Gasteiger partial charge in [-0.05, 0) is 57.6 Å². The van der Waals surface area contributed by atoms with Gasteiger partial charge >= 0.3 is 0 Å². The lowest BCUT2D eigenvalue weighted by Gasteiger charge is -2.53. The first-order valence-corrected chi connectivity index (χ1v) is 14.1. The van der Waals surface area contributed by atoms with Crippen molar-refractivity contribution < 1.29 is 9.47 Å². The normalized spacial score (nSPS) is 29.3. The molecule has 39 heavy (non-hydrogen) atoms. The van der Waals surface area contributed by atoms with Gasteiger partial charge < -0.3 is 29.9 Å². The van der Waals surface area contributed by atoms with E-state index in [1.165, 1.54) is 5.69 Å². The van der Waals surface area contributed by atoms with E-state index in [0.29, 0.717) is 25.8 Å². The van der Waals surface area contributed by atoms with Gasteiger partial charge in [0.05, 0.1) is 31.1 Å². The van der Waals surface area contributed by atoms with Gasteiger partial charge in [0.15, 0.2) is 0 Å². The molecular weight excluding hydrogens is 490 g/mol. The van der Waals surface area contributed by atoms with E-state index >= 15 is 0 Å². The first kappa shape index (κ1) is 27.6. The SMILES string of the molecule is CNCc1cccc(N2C/N=C(Nc3cccc(N4CCOCC4)c3)\N=C/C(C)[C@@]3(C)COC(C)(C)C[C@@H]23)n1. The van der Waals surface area contributed by atoms with Gasteiger partial charge in [0.25, 0.3) is 0 Å². The maximum absolute atomic E-state index is 6.40. The van der Waals surface area contributed by atoms with Gasteiger partial charge in [0.2, 0.25) is 5.96 Å². The minimum atomic E-state index is -0.235. The molecule has 5 rings (SSSR count). The first-order valence-electron chi connectivity index (χ1n) is 14.1. The number of pyridine rings is 1. The van der Waals surface area contributed by atoms with Crippen LogP contribution in [-0.2, 0) is 16.0 Å². The van der Waals surface area contributed by atoms with E-state index in [1.807, 2.05) is 13.3 Å². The summed E-state index contributed by atoms with van der Waals surface area (Å²) in [6, 6.07) is 14.9. The van der Waals surface area contributed by atoms with Crippen molar-refractivity contribution in [2.24, 2.45) is 21.3 Å². The summed E-state index contributed by atoms with van der Waals surface area (Å²) >= 11 is 0. The van der Waals surface area contributed by atoms with Crippen molar-refractivity contribution in [3.63, 3.8) is 0 Å². The Hall–Kier alpha value is -3.01. The Morgan fingerprint density at radius 3 is 2.67 bits per heavy atom. The molecule has 1 aromatic heterocycles. The summed E-state index contributed by atoms with van der Waals surface area (Å²) in [4.78, 5) is 19.6. The van der Waals surface area contributed by atoms with E-state index in [0.717, 1.165) is 49.9 Å². The third-order valence-electron chi connectivity index (χ3n) is 8.35. The molecule has 2 saturated heterocycles. The fraction of sp³-hybridized carbons (Fsp3) is 0.567. The molecule has 3 atom stereocenters. The molecule has 3 aliphatic rings. The number of aliphatic imine (C=N–C) groups is 2. The Kier molecular flexibility index (Phi) is 8.21. The largest absolute Gasteiger partial charge is 0.378 e. The van der Waals surface area contributed by atoms with Crippen LogP contribution in [0.2, 0.25) is 0 Å². The lowest BCUT2D eigenvalue weighted by Crippen LogP contribution is -2.59. The number of ether oxygens (including phenoxy) is 2. The van der Waals surface area contributed by atoms with Gasteiger partial charge in [-0.15, -0.1) is 0 Å². The second kappa shape index (κ2) is 11.6. The molecule has 9 nitrogen and oxygen atoms in total. The third kappa shape index (κ3) is 6.26. The molecule has 0 amide bonds. The smallest absolute Gasteiger partial charge is 0.223 e. The zero-order chi connectivity index (χ0) is 27.5. The molecule has 2 fully saturated rings. The molecule has 3 aliphatic heterocycles. The zero-order valence-electron chi connectivity index (χ0n) is 24.0.